The zero-order valence-electron chi connectivity index (χ0n) is 12.0. The molecule has 0 bridgehead atoms. The van der Waals surface area contributed by atoms with Crippen LogP contribution in [0.5, 0.6) is 0 Å². The minimum atomic E-state index is -0.351. The van der Waals surface area contributed by atoms with E-state index in [0.29, 0.717) is 18.2 Å². The maximum atomic E-state index is 12.2. The van der Waals surface area contributed by atoms with Gasteiger partial charge in [-0.25, -0.2) is 0 Å². The van der Waals surface area contributed by atoms with Crippen molar-refractivity contribution in [2.24, 2.45) is 5.92 Å². The molecule has 1 aromatic carbocycles. The van der Waals surface area contributed by atoms with Crippen molar-refractivity contribution in [1.29, 1.82) is 0 Å². The van der Waals surface area contributed by atoms with E-state index in [9.17, 15) is 9.90 Å². The van der Waals surface area contributed by atoms with Crippen LogP contribution in [0.2, 0.25) is 0 Å². The third kappa shape index (κ3) is 3.49. The van der Waals surface area contributed by atoms with Crippen LogP contribution in [0.3, 0.4) is 0 Å². The molecule has 5 nitrogen and oxygen atoms in total. The van der Waals surface area contributed by atoms with Gasteiger partial charge in [-0.2, -0.15) is 0 Å². The third-order valence-electron chi connectivity index (χ3n) is 4.06. The summed E-state index contributed by atoms with van der Waals surface area (Å²) in [6.45, 7) is 5.31. The average molecular weight is 277 g/mol. The Bertz CT molecular complexity index is 461. The Morgan fingerprint density at radius 1 is 1.45 bits per heavy atom. The van der Waals surface area contributed by atoms with Crippen LogP contribution >= 0.6 is 0 Å². The number of benzene rings is 1. The standard InChI is InChI=1S/C15H23N3O2/c1-10-7-8-18(9-14(10)19)11(2)15(20)17-13-5-3-12(16)4-6-13/h3-6,10-11,14,19H,7-9,16H2,1-2H3,(H,17,20). The predicted octanol–water partition coefficient (Wildman–Crippen LogP) is 1.30. The van der Waals surface area contributed by atoms with Gasteiger partial charge in [-0.3, -0.25) is 9.69 Å². The molecule has 1 aliphatic heterocycles. The number of carbonyl (C=O) groups is 1. The SMILES string of the molecule is CC1CCN(C(C)C(=O)Nc2ccc(N)cc2)CC1O. The first-order chi connectivity index (χ1) is 9.47. The number of hydrogen-bond donors (Lipinski definition) is 3. The van der Waals surface area contributed by atoms with Crippen molar-refractivity contribution in [3.8, 4) is 0 Å². The van der Waals surface area contributed by atoms with E-state index in [1.165, 1.54) is 0 Å². The van der Waals surface area contributed by atoms with E-state index in [1.807, 2.05) is 18.7 Å². The van der Waals surface area contributed by atoms with Crippen molar-refractivity contribution in [1.82, 2.24) is 4.90 Å². The van der Waals surface area contributed by atoms with Crippen LogP contribution in [0.15, 0.2) is 24.3 Å². The minimum Gasteiger partial charge on any atom is -0.399 e. The van der Waals surface area contributed by atoms with Gasteiger partial charge in [0.2, 0.25) is 5.91 Å². The van der Waals surface area contributed by atoms with E-state index in [-0.39, 0.29) is 18.1 Å². The molecule has 1 saturated heterocycles. The molecule has 110 valence electrons. The zero-order valence-corrected chi connectivity index (χ0v) is 12.0. The molecule has 1 aromatic rings. The number of nitrogens with two attached hydrogens (primary N) is 1. The Labute approximate surface area is 119 Å². The number of carbonyl (C=O) groups excluding carboxylic acids is 1. The summed E-state index contributed by atoms with van der Waals surface area (Å²) in [5, 5.41) is 12.8. The quantitative estimate of drug-likeness (QED) is 0.728. The van der Waals surface area contributed by atoms with Crippen LogP contribution in [-0.2, 0) is 4.79 Å². The molecule has 1 fully saturated rings. The average Bonchev–Trinajstić information content (AvgIpc) is 2.43. The summed E-state index contributed by atoms with van der Waals surface area (Å²) in [6, 6.07) is 6.83. The summed E-state index contributed by atoms with van der Waals surface area (Å²) in [5.74, 6) is 0.245. The van der Waals surface area contributed by atoms with Crippen LogP contribution in [0.4, 0.5) is 11.4 Å². The summed E-state index contributed by atoms with van der Waals surface area (Å²) in [7, 11) is 0. The Morgan fingerprint density at radius 2 is 2.10 bits per heavy atom. The molecule has 2 rings (SSSR count). The van der Waals surface area contributed by atoms with E-state index < -0.39 is 0 Å². The maximum Gasteiger partial charge on any atom is 0.241 e. The summed E-state index contributed by atoms with van der Waals surface area (Å²) < 4.78 is 0. The number of nitrogens with one attached hydrogen (secondary N) is 1. The second kappa shape index (κ2) is 6.24. The summed E-state index contributed by atoms with van der Waals surface area (Å²) >= 11 is 0. The molecule has 1 heterocycles. The number of aliphatic hydroxyl groups is 1. The van der Waals surface area contributed by atoms with Crippen LogP contribution in [0.25, 0.3) is 0 Å². The topological polar surface area (TPSA) is 78.6 Å². The highest BCUT2D eigenvalue weighted by molar-refractivity contribution is 5.94. The molecular formula is C15H23N3O2. The van der Waals surface area contributed by atoms with Gasteiger partial charge >= 0.3 is 0 Å². The summed E-state index contributed by atoms with van der Waals surface area (Å²) in [4.78, 5) is 14.2. The molecule has 20 heavy (non-hydrogen) atoms. The molecular weight excluding hydrogens is 254 g/mol. The van der Waals surface area contributed by atoms with Crippen molar-refractivity contribution in [2.75, 3.05) is 24.1 Å². The van der Waals surface area contributed by atoms with Crippen molar-refractivity contribution in [3.63, 3.8) is 0 Å². The number of amides is 1. The van der Waals surface area contributed by atoms with E-state index in [0.717, 1.165) is 18.7 Å². The minimum absolute atomic E-state index is 0.0588. The van der Waals surface area contributed by atoms with Gasteiger partial charge in [-0.05, 0) is 50.1 Å². The normalized spacial score (nSPS) is 25.1. The van der Waals surface area contributed by atoms with Crippen LogP contribution < -0.4 is 11.1 Å². The highest BCUT2D eigenvalue weighted by Crippen LogP contribution is 2.19. The maximum absolute atomic E-state index is 12.2. The fraction of sp³-hybridized carbons (Fsp3) is 0.533. The molecule has 0 aliphatic carbocycles. The molecule has 3 unspecified atom stereocenters. The number of aliphatic hydroxyl groups excluding tert-OH is 1. The first-order valence-corrected chi connectivity index (χ1v) is 7.06. The van der Waals surface area contributed by atoms with Gasteiger partial charge < -0.3 is 16.2 Å². The molecule has 0 radical (unpaired) electrons. The van der Waals surface area contributed by atoms with Gasteiger partial charge in [0, 0.05) is 17.9 Å². The largest absolute Gasteiger partial charge is 0.399 e. The monoisotopic (exact) mass is 277 g/mol. The highest BCUT2D eigenvalue weighted by Gasteiger charge is 2.30. The molecule has 1 amide bonds. The molecule has 0 spiro atoms. The number of rotatable bonds is 3. The number of hydrogen-bond acceptors (Lipinski definition) is 4. The van der Waals surface area contributed by atoms with Crippen LogP contribution in [-0.4, -0.2) is 41.1 Å². The van der Waals surface area contributed by atoms with Crippen molar-refractivity contribution in [3.05, 3.63) is 24.3 Å². The fourth-order valence-electron chi connectivity index (χ4n) is 2.40. The fourth-order valence-corrected chi connectivity index (χ4v) is 2.40. The summed E-state index contributed by atoms with van der Waals surface area (Å²) in [6.07, 6.45) is 0.566. The third-order valence-corrected chi connectivity index (χ3v) is 4.06. The van der Waals surface area contributed by atoms with Gasteiger partial charge in [-0.15, -0.1) is 0 Å². The highest BCUT2D eigenvalue weighted by atomic mass is 16.3. The van der Waals surface area contributed by atoms with Gasteiger partial charge in [0.25, 0.3) is 0 Å². The van der Waals surface area contributed by atoms with Crippen LogP contribution in [0, 0.1) is 5.92 Å². The van der Waals surface area contributed by atoms with Gasteiger partial charge in [0.15, 0.2) is 0 Å². The van der Waals surface area contributed by atoms with E-state index in [2.05, 4.69) is 5.32 Å². The molecule has 0 saturated carbocycles. The number of likely N-dealkylation sites (tertiary alicyclic amines) is 1. The number of nitrogen functional groups attached to an aromatic ring is 1. The summed E-state index contributed by atoms with van der Waals surface area (Å²) in [5.41, 5.74) is 7.02. The lowest BCUT2D eigenvalue weighted by Gasteiger charge is -2.37. The number of anilines is 2. The zero-order chi connectivity index (χ0) is 14.7. The van der Waals surface area contributed by atoms with Gasteiger partial charge in [-0.1, -0.05) is 6.92 Å². The number of piperidine rings is 1. The lowest BCUT2D eigenvalue weighted by molar-refractivity contribution is -0.122. The first-order valence-electron chi connectivity index (χ1n) is 7.06. The van der Waals surface area contributed by atoms with Gasteiger partial charge in [0.05, 0.1) is 12.1 Å². The smallest absolute Gasteiger partial charge is 0.241 e. The van der Waals surface area contributed by atoms with Crippen LogP contribution in [0.1, 0.15) is 20.3 Å². The number of β-amino-alcohol motifs (C(OH)–C–C–N with tert-alkyl or cyclic N) is 1. The van der Waals surface area contributed by atoms with E-state index >= 15 is 0 Å². The Kier molecular flexibility index (Phi) is 4.62. The molecule has 1 aliphatic rings. The lowest BCUT2D eigenvalue weighted by Crippen LogP contribution is -2.50. The Balaban J connectivity index is 1.93. The molecule has 4 N–H and O–H groups in total. The van der Waals surface area contributed by atoms with Gasteiger partial charge in [0.1, 0.15) is 0 Å². The lowest BCUT2D eigenvalue weighted by atomic mass is 9.95. The Hall–Kier alpha value is -1.59. The molecule has 5 heteroatoms. The second-order valence-electron chi connectivity index (χ2n) is 5.62. The predicted molar refractivity (Wildman–Crippen MR) is 80.3 cm³/mol. The second-order valence-corrected chi connectivity index (χ2v) is 5.62. The van der Waals surface area contributed by atoms with E-state index in [1.54, 1.807) is 24.3 Å². The Morgan fingerprint density at radius 3 is 2.70 bits per heavy atom. The van der Waals surface area contributed by atoms with Crippen molar-refractivity contribution >= 4 is 17.3 Å². The van der Waals surface area contributed by atoms with Crippen molar-refractivity contribution in [2.45, 2.75) is 32.4 Å². The van der Waals surface area contributed by atoms with E-state index in [4.69, 9.17) is 5.73 Å². The van der Waals surface area contributed by atoms with Crippen molar-refractivity contribution < 1.29 is 9.90 Å². The molecule has 3 atom stereocenters. The number of nitrogens with zero attached hydrogens (tertiary/aromatic N) is 1. The molecule has 0 aromatic heterocycles. The first kappa shape index (κ1) is 14.8.